The van der Waals surface area contributed by atoms with Gasteiger partial charge in [-0.05, 0) is 86.4 Å². The minimum absolute atomic E-state index is 0.157. The number of fused-ring (bicyclic) bond motifs is 7. The summed E-state index contributed by atoms with van der Waals surface area (Å²) in [5.74, 6) is -2.40. The highest BCUT2D eigenvalue weighted by molar-refractivity contribution is 5.81. The molecule has 0 spiro atoms. The molecule has 7 fully saturated rings. The van der Waals surface area contributed by atoms with Crippen molar-refractivity contribution in [3.8, 4) is 0 Å². The molecule has 0 unspecified atom stereocenters. The second-order valence-electron chi connectivity index (χ2n) is 23.3. The Morgan fingerprint density at radius 2 is 1.27 bits per heavy atom. The van der Waals surface area contributed by atoms with Crippen molar-refractivity contribution in [3.05, 3.63) is 11.6 Å². The first-order chi connectivity index (χ1) is 33.3. The minimum atomic E-state index is -1.82. The zero-order valence-electron chi connectivity index (χ0n) is 41.6. The van der Waals surface area contributed by atoms with Gasteiger partial charge in [0, 0.05) is 18.4 Å². The lowest BCUT2D eigenvalue weighted by molar-refractivity contribution is -0.358. The molecule has 0 aromatic carbocycles. The van der Waals surface area contributed by atoms with Crippen molar-refractivity contribution in [2.45, 2.75) is 190 Å². The number of ether oxygens (including phenoxy) is 8. The topological polar surface area (TPSA) is 351 Å². The van der Waals surface area contributed by atoms with E-state index in [0.29, 0.717) is 25.7 Å². The molecule has 5 aliphatic carbocycles. The lowest BCUT2D eigenvalue weighted by atomic mass is 9.33. The van der Waals surface area contributed by atoms with Crippen molar-refractivity contribution in [2.24, 2.45) is 50.2 Å². The first kappa shape index (κ1) is 55.2. The van der Waals surface area contributed by atoms with Crippen LogP contribution in [0.5, 0.6) is 0 Å². The maximum absolute atomic E-state index is 14.9. The Morgan fingerprint density at radius 3 is 1.86 bits per heavy atom. The highest BCUT2D eigenvalue weighted by Crippen LogP contribution is 2.76. The summed E-state index contributed by atoms with van der Waals surface area (Å²) >= 11 is 0. The van der Waals surface area contributed by atoms with Gasteiger partial charge in [-0.3, -0.25) is 9.59 Å². The third-order valence-corrected chi connectivity index (χ3v) is 19.7. The van der Waals surface area contributed by atoms with Crippen LogP contribution < -0.4 is 0 Å². The molecular formula is C49H78O22. The van der Waals surface area contributed by atoms with Crippen LogP contribution in [0.4, 0.5) is 0 Å². The van der Waals surface area contributed by atoms with Crippen LogP contribution in [0.15, 0.2) is 11.6 Å². The van der Waals surface area contributed by atoms with Gasteiger partial charge >= 0.3 is 11.9 Å². The lowest BCUT2D eigenvalue weighted by Crippen LogP contribution is -2.71. The number of carbonyl (C=O) groups is 2. The number of hydrogen-bond acceptors (Lipinski definition) is 22. The Kier molecular flexibility index (Phi) is 15.4. The van der Waals surface area contributed by atoms with Crippen molar-refractivity contribution in [3.63, 3.8) is 0 Å². The number of hydrogen-bond donors (Lipinski definition) is 12. The highest BCUT2D eigenvalue weighted by atomic mass is 16.7. The molecule has 4 saturated carbocycles. The number of rotatable bonds is 11. The molecule has 8 aliphatic rings. The van der Waals surface area contributed by atoms with Crippen molar-refractivity contribution < 1.29 is 109 Å². The van der Waals surface area contributed by atoms with E-state index in [1.165, 1.54) is 7.11 Å². The number of aliphatic hydroxyl groups excluding tert-OH is 12. The molecule has 0 amide bonds. The number of allylic oxidation sites excluding steroid dienone is 1. The first-order valence-corrected chi connectivity index (χ1v) is 25.0. The van der Waals surface area contributed by atoms with E-state index in [4.69, 9.17) is 37.9 Å². The van der Waals surface area contributed by atoms with Crippen molar-refractivity contribution in [1.29, 1.82) is 0 Å². The number of carbonyl (C=O) groups excluding carboxylic acids is 2. The van der Waals surface area contributed by atoms with Gasteiger partial charge in [0.25, 0.3) is 0 Å². The minimum Gasteiger partial charge on any atom is -0.469 e. The Labute approximate surface area is 412 Å². The van der Waals surface area contributed by atoms with Crippen LogP contribution in [0.25, 0.3) is 0 Å². The number of esters is 2. The Morgan fingerprint density at radius 1 is 0.676 bits per heavy atom. The predicted molar refractivity (Wildman–Crippen MR) is 239 cm³/mol. The van der Waals surface area contributed by atoms with E-state index < -0.39 is 181 Å². The van der Waals surface area contributed by atoms with Gasteiger partial charge in [-0.1, -0.05) is 39.3 Å². The van der Waals surface area contributed by atoms with Crippen LogP contribution in [0.3, 0.4) is 0 Å². The predicted octanol–water partition coefficient (Wildman–Crippen LogP) is -2.50. The van der Waals surface area contributed by atoms with Gasteiger partial charge in [0.1, 0.15) is 67.1 Å². The van der Waals surface area contributed by atoms with E-state index in [-0.39, 0.29) is 37.5 Å². The molecule has 12 N–H and O–H groups in total. The summed E-state index contributed by atoms with van der Waals surface area (Å²) in [5, 5.41) is 129. The maximum Gasteiger partial charge on any atom is 0.315 e. The van der Waals surface area contributed by atoms with E-state index in [1.54, 1.807) is 7.11 Å². The smallest absolute Gasteiger partial charge is 0.315 e. The van der Waals surface area contributed by atoms with Gasteiger partial charge in [0.2, 0.25) is 6.29 Å². The van der Waals surface area contributed by atoms with Crippen molar-refractivity contribution in [2.75, 3.05) is 40.6 Å². The first-order valence-electron chi connectivity index (χ1n) is 25.0. The van der Waals surface area contributed by atoms with E-state index in [1.807, 2.05) is 13.8 Å². The Hall–Kier alpha value is -2.04. The molecule has 3 heterocycles. The summed E-state index contributed by atoms with van der Waals surface area (Å²) in [7, 11) is 2.92. The molecule has 22 nitrogen and oxygen atoms in total. The summed E-state index contributed by atoms with van der Waals surface area (Å²) in [6, 6.07) is 0. The molecule has 3 saturated heterocycles. The van der Waals surface area contributed by atoms with Crippen molar-refractivity contribution in [1.82, 2.24) is 0 Å². The van der Waals surface area contributed by atoms with Gasteiger partial charge in [0.05, 0.1) is 62.7 Å². The average molecular weight is 1020 g/mol. The second-order valence-corrected chi connectivity index (χ2v) is 23.3. The summed E-state index contributed by atoms with van der Waals surface area (Å²) < 4.78 is 46.8. The second kappa shape index (κ2) is 19.8. The molecule has 0 bridgehead atoms. The molecule has 0 aromatic rings. The third kappa shape index (κ3) is 8.46. The average Bonchev–Trinajstić information content (AvgIpc) is 3.34. The summed E-state index contributed by atoms with van der Waals surface area (Å²) in [4.78, 5) is 28.5. The Bertz CT molecular complexity index is 1970. The molecule has 3 aliphatic heterocycles. The normalized spacial score (nSPS) is 54.0. The van der Waals surface area contributed by atoms with Crippen molar-refractivity contribution >= 4 is 11.9 Å². The van der Waals surface area contributed by atoms with E-state index in [0.717, 1.165) is 5.57 Å². The van der Waals surface area contributed by atoms with Gasteiger partial charge in [-0.25, -0.2) is 0 Å². The molecule has 26 atom stereocenters. The molecular weight excluding hydrogens is 941 g/mol. The number of methoxy groups -OCH3 is 2. The molecule has 0 aromatic heterocycles. The zero-order chi connectivity index (χ0) is 52.1. The maximum atomic E-state index is 14.9. The van der Waals surface area contributed by atoms with Crippen LogP contribution in [-0.2, 0) is 47.5 Å². The van der Waals surface area contributed by atoms with Gasteiger partial charge in [-0.15, -0.1) is 0 Å². The zero-order valence-corrected chi connectivity index (χ0v) is 41.6. The van der Waals surface area contributed by atoms with Crippen LogP contribution in [0.1, 0.15) is 86.0 Å². The van der Waals surface area contributed by atoms with Crippen LogP contribution in [0.2, 0.25) is 0 Å². The Balaban J connectivity index is 1.07. The van der Waals surface area contributed by atoms with Gasteiger partial charge in [-0.2, -0.15) is 0 Å². The monoisotopic (exact) mass is 1020 g/mol. The lowest BCUT2D eigenvalue weighted by Gasteiger charge is -2.72. The third-order valence-electron chi connectivity index (χ3n) is 19.7. The summed E-state index contributed by atoms with van der Waals surface area (Å²) in [6.45, 7) is 7.84. The van der Waals surface area contributed by atoms with E-state index in [2.05, 4.69) is 26.8 Å². The van der Waals surface area contributed by atoms with Gasteiger partial charge in [0.15, 0.2) is 12.6 Å². The standard InChI is InChI=1S/C49H78O22/c1-44(42(62)65-7)10-12-49(43(63)71-41-36(61)33(58)30(55)26(18-51)68-41)13-11-47(4)21(22(49)15-44)14-24(64-6)37-45(2)16-23(53)38(46(3,20-52)28(45)8-9-48(37,47)5)70-39-34(59)31(56)27(19-66-39)69-40-35(60)32(57)29(54)25(17-50)67-40/h14,22-41,50-61H,8-13,15-20H2,1-7H3/t22-,23-,24-,25+,26+,27+,28+,29+,30+,31-,32-,33-,34+,35+,36+,37+,38-,39-,40-,41-,44-,45-,46-,47+,48+,49-/m0/s1. The summed E-state index contributed by atoms with van der Waals surface area (Å²) in [5.41, 5.74) is -4.52. The molecule has 71 heavy (non-hydrogen) atoms. The number of aliphatic hydroxyl groups is 12. The van der Waals surface area contributed by atoms with E-state index in [9.17, 15) is 70.9 Å². The molecule has 8 rings (SSSR count). The summed E-state index contributed by atoms with van der Waals surface area (Å²) in [6.07, 6.45) is -20.9. The SMILES string of the molecule is COC(=O)[C@@]1(C)CC[C@]2(C(=O)O[C@@H]3O[C@H](CO)[C@@H](O)[C@H](O)[C@H]3O)CC[C@]3(C)C(=C[C@H](OC)[C@@H]4[C@@]5(C)C[C@H](O)[C@H](O[C@@H]6OC[C@@H](O[C@@H]7O[C@H](CO)[C@@H](O)[C@H](O)[C@H]7O)[C@H](O)[C@H]6O)[C@@](C)(CO)[C@@H]5CC[C@]43C)[C@@H]2C1. The quantitative estimate of drug-likeness (QED) is 0.0578. The molecule has 22 heteroatoms. The van der Waals surface area contributed by atoms with Gasteiger partial charge < -0.3 is 99.2 Å². The fourth-order valence-corrected chi connectivity index (χ4v) is 15.4. The van der Waals surface area contributed by atoms with E-state index >= 15 is 0 Å². The van der Waals surface area contributed by atoms with Crippen LogP contribution in [-0.4, -0.2) is 218 Å². The largest absolute Gasteiger partial charge is 0.469 e. The fraction of sp³-hybridized carbons (Fsp3) is 0.918. The molecule has 406 valence electrons. The molecule has 0 radical (unpaired) electrons. The van der Waals surface area contributed by atoms with Crippen LogP contribution >= 0.6 is 0 Å². The fourth-order valence-electron chi connectivity index (χ4n) is 15.4. The van der Waals surface area contributed by atoms with Crippen LogP contribution in [0, 0.1) is 50.2 Å². The highest BCUT2D eigenvalue weighted by Gasteiger charge is 2.73.